The van der Waals surface area contributed by atoms with Gasteiger partial charge in [0.2, 0.25) is 12.1 Å². The average Bonchev–Trinajstić information content (AvgIpc) is 3.01. The molecule has 45 heavy (non-hydrogen) atoms. The average molecular weight is 643 g/mol. The van der Waals surface area contributed by atoms with Crippen molar-refractivity contribution in [3.05, 3.63) is 59.7 Å². The van der Waals surface area contributed by atoms with Gasteiger partial charge in [-0.15, -0.1) is 6.58 Å². The van der Waals surface area contributed by atoms with Crippen molar-refractivity contribution in [2.45, 2.75) is 42.3 Å². The van der Waals surface area contributed by atoms with Gasteiger partial charge in [-0.3, -0.25) is 4.99 Å². The van der Waals surface area contributed by atoms with Gasteiger partial charge in [-0.25, -0.2) is 9.59 Å². The molecule has 3 rings (SSSR count). The van der Waals surface area contributed by atoms with E-state index in [2.05, 4.69) is 16.9 Å². The fraction of sp³-hybridized carbons (Fsp3) is 0.519. The summed E-state index contributed by atoms with van der Waals surface area (Å²) in [5, 5.41) is 84.6. The number of guanidine groups is 1. The zero-order valence-electron chi connectivity index (χ0n) is 24.4. The number of carboxylic acids is 1. The minimum Gasteiger partial charge on any atom is -0.478 e. The number of β-amino-alcohol motifs (C(OH)–C–C–N with tert-alkyl or cyclic N) is 1. The van der Waals surface area contributed by atoms with E-state index in [1.54, 1.807) is 0 Å². The number of carbonyl (C=O) groups excluding carboxylic acids is 1. The molecule has 0 amide bonds. The molecule has 11 N–H and O–H groups in total. The van der Waals surface area contributed by atoms with Crippen LogP contribution in [0.4, 0.5) is 0 Å². The monoisotopic (exact) mass is 642 g/mol. The SMILES string of the molecule is C=CC1C(OC2OC(CO)C(O)C(O)(O)C2O)OC=C(C(=O)OC)C1(O)C=CC1=CN(CCO)CC(C(=O)O)=C1NC(N)=NC. The first-order valence-corrected chi connectivity index (χ1v) is 13.4. The minimum atomic E-state index is -3.19. The van der Waals surface area contributed by atoms with E-state index in [1.165, 1.54) is 24.2 Å². The largest absolute Gasteiger partial charge is 0.478 e. The Bertz CT molecular complexity index is 1290. The summed E-state index contributed by atoms with van der Waals surface area (Å²) in [6.45, 7) is 2.36. The van der Waals surface area contributed by atoms with Crippen molar-refractivity contribution in [3.63, 3.8) is 0 Å². The smallest absolute Gasteiger partial charge is 0.340 e. The van der Waals surface area contributed by atoms with Crippen molar-refractivity contribution >= 4 is 17.9 Å². The first-order chi connectivity index (χ1) is 21.2. The number of carbonyl (C=O) groups is 2. The van der Waals surface area contributed by atoms with Crippen molar-refractivity contribution < 1.29 is 69.4 Å². The van der Waals surface area contributed by atoms with Gasteiger partial charge >= 0.3 is 11.9 Å². The predicted octanol–water partition coefficient (Wildman–Crippen LogP) is -4.31. The maximum Gasteiger partial charge on any atom is 0.340 e. The zero-order chi connectivity index (χ0) is 33.7. The molecule has 18 nitrogen and oxygen atoms in total. The maximum atomic E-state index is 12.8. The number of methoxy groups -OCH3 is 1. The lowest BCUT2D eigenvalue weighted by Gasteiger charge is -2.47. The Morgan fingerprint density at radius 3 is 2.49 bits per heavy atom. The number of nitrogens with one attached hydrogen (secondary N) is 1. The molecule has 0 spiro atoms. The van der Waals surface area contributed by atoms with Crippen LogP contribution >= 0.6 is 0 Å². The molecular formula is C27H38N4O14. The van der Waals surface area contributed by atoms with Gasteiger partial charge in [-0.2, -0.15) is 0 Å². The van der Waals surface area contributed by atoms with Crippen LogP contribution in [0.2, 0.25) is 0 Å². The van der Waals surface area contributed by atoms with Crippen LogP contribution in [0.5, 0.6) is 0 Å². The van der Waals surface area contributed by atoms with Crippen LogP contribution in [0.25, 0.3) is 0 Å². The van der Waals surface area contributed by atoms with E-state index >= 15 is 0 Å². The second-order valence-electron chi connectivity index (χ2n) is 10.2. The summed E-state index contributed by atoms with van der Waals surface area (Å²) in [6.07, 6.45) is -3.91. The molecule has 0 aromatic heterocycles. The third kappa shape index (κ3) is 7.19. The van der Waals surface area contributed by atoms with E-state index in [4.69, 9.17) is 24.7 Å². The molecule has 0 aromatic rings. The molecule has 18 heteroatoms. The number of aliphatic imine (C=N–C) groups is 1. The Morgan fingerprint density at radius 1 is 1.24 bits per heavy atom. The molecular weight excluding hydrogens is 604 g/mol. The van der Waals surface area contributed by atoms with Crippen LogP contribution in [0.3, 0.4) is 0 Å². The third-order valence-corrected chi connectivity index (χ3v) is 7.38. The molecule has 0 aliphatic carbocycles. The highest BCUT2D eigenvalue weighted by Crippen LogP contribution is 2.40. The number of nitrogens with two attached hydrogens (primary N) is 1. The molecule has 3 heterocycles. The van der Waals surface area contributed by atoms with Crippen LogP contribution in [-0.4, -0.2) is 146 Å². The topological polar surface area (TPSA) is 287 Å². The summed E-state index contributed by atoms with van der Waals surface area (Å²) in [5.74, 6) is -7.13. The summed E-state index contributed by atoms with van der Waals surface area (Å²) in [5.41, 5.74) is 2.92. The van der Waals surface area contributed by atoms with E-state index in [1.807, 2.05) is 0 Å². The zero-order valence-corrected chi connectivity index (χ0v) is 24.4. The van der Waals surface area contributed by atoms with Crippen molar-refractivity contribution in [1.29, 1.82) is 0 Å². The van der Waals surface area contributed by atoms with Gasteiger partial charge in [0, 0.05) is 25.4 Å². The number of esters is 1. The fourth-order valence-corrected chi connectivity index (χ4v) is 4.87. The van der Waals surface area contributed by atoms with Crippen molar-refractivity contribution in [1.82, 2.24) is 10.2 Å². The minimum absolute atomic E-state index is 0.00666. The Labute approximate surface area is 256 Å². The highest BCUT2D eigenvalue weighted by Gasteiger charge is 2.57. The van der Waals surface area contributed by atoms with Crippen molar-refractivity contribution in [3.8, 4) is 0 Å². The quantitative estimate of drug-likeness (QED) is 0.0335. The predicted molar refractivity (Wildman–Crippen MR) is 151 cm³/mol. The molecule has 0 bridgehead atoms. The lowest BCUT2D eigenvalue weighted by Crippen LogP contribution is -2.68. The molecule has 1 saturated heterocycles. The summed E-state index contributed by atoms with van der Waals surface area (Å²) in [6, 6.07) is 0. The van der Waals surface area contributed by atoms with Crippen LogP contribution < -0.4 is 11.1 Å². The summed E-state index contributed by atoms with van der Waals surface area (Å²) >= 11 is 0. The molecule has 0 aromatic carbocycles. The lowest BCUT2D eigenvalue weighted by molar-refractivity contribution is -0.405. The maximum absolute atomic E-state index is 12.8. The normalized spacial score (nSPS) is 32.0. The van der Waals surface area contributed by atoms with E-state index in [0.717, 1.165) is 25.5 Å². The van der Waals surface area contributed by atoms with Gasteiger partial charge in [0.25, 0.3) is 0 Å². The second kappa shape index (κ2) is 14.5. The van der Waals surface area contributed by atoms with Gasteiger partial charge < -0.3 is 75.8 Å². The summed E-state index contributed by atoms with van der Waals surface area (Å²) < 4.78 is 21.2. The number of aliphatic hydroxyl groups is 7. The van der Waals surface area contributed by atoms with E-state index in [-0.39, 0.29) is 42.5 Å². The number of nitrogens with zero attached hydrogens (tertiary/aromatic N) is 2. The van der Waals surface area contributed by atoms with Gasteiger partial charge in [-0.1, -0.05) is 12.2 Å². The molecule has 250 valence electrons. The number of hydrogen-bond acceptors (Lipinski definition) is 15. The van der Waals surface area contributed by atoms with Crippen LogP contribution in [0, 0.1) is 5.92 Å². The highest BCUT2D eigenvalue weighted by molar-refractivity contribution is 5.93. The Balaban J connectivity index is 2.09. The Kier molecular flexibility index (Phi) is 11.5. The van der Waals surface area contributed by atoms with E-state index in [0.29, 0.717) is 0 Å². The molecule has 0 saturated carbocycles. The number of allylic oxidation sites excluding steroid dienone is 1. The molecule has 0 radical (unpaired) electrons. The summed E-state index contributed by atoms with van der Waals surface area (Å²) in [7, 11) is 2.41. The molecule has 7 unspecified atom stereocenters. The lowest BCUT2D eigenvalue weighted by atomic mass is 9.78. The van der Waals surface area contributed by atoms with Gasteiger partial charge in [-0.05, 0) is 6.08 Å². The van der Waals surface area contributed by atoms with Crippen LogP contribution in [-0.2, 0) is 28.5 Å². The van der Waals surface area contributed by atoms with Crippen molar-refractivity contribution in [2.24, 2.45) is 16.6 Å². The summed E-state index contributed by atoms with van der Waals surface area (Å²) in [4.78, 5) is 30.2. The molecule has 3 aliphatic rings. The molecule has 1 fully saturated rings. The number of aliphatic hydroxyl groups excluding tert-OH is 4. The number of carboxylic acid groups (broad SMARTS) is 1. The van der Waals surface area contributed by atoms with Gasteiger partial charge in [0.1, 0.15) is 29.6 Å². The van der Waals surface area contributed by atoms with Crippen molar-refractivity contribution in [2.75, 3.05) is 40.5 Å². The molecule has 3 aliphatic heterocycles. The number of ether oxygens (including phenoxy) is 4. The number of hydrogen-bond donors (Lipinski definition) is 10. The fourth-order valence-electron chi connectivity index (χ4n) is 4.87. The third-order valence-electron chi connectivity index (χ3n) is 7.38. The van der Waals surface area contributed by atoms with Crippen LogP contribution in [0.1, 0.15) is 0 Å². The standard InChI is InChI=1S/C27H38N4O14/c1-4-15-23(45-24-20(35)27(40,41)19(34)17(11-33)44-24)43-12-16(22(38)42-3)26(15,39)6-5-13-9-31(7-8-32)10-14(21(36)37)18(13)30-25(28)29-2/h4-6,9,12,15,17,19-20,23-24,32-35,39-41H,1,7-8,10-11H2,2-3H3,(H,36,37)(H3,28,29,30). The first-order valence-electron chi connectivity index (χ1n) is 13.4. The first kappa shape index (κ1) is 35.6. The molecule has 7 atom stereocenters. The second-order valence-corrected chi connectivity index (χ2v) is 10.2. The number of aliphatic carboxylic acids is 1. The van der Waals surface area contributed by atoms with Crippen LogP contribution in [0.15, 0.2) is 64.7 Å². The Hall–Kier alpha value is -3.85. The van der Waals surface area contributed by atoms with E-state index in [9.17, 15) is 50.4 Å². The Morgan fingerprint density at radius 2 is 1.93 bits per heavy atom. The van der Waals surface area contributed by atoms with Gasteiger partial charge in [0.05, 0.1) is 44.1 Å². The number of rotatable bonds is 11. The van der Waals surface area contributed by atoms with E-state index < -0.39 is 72.3 Å². The van der Waals surface area contributed by atoms with Gasteiger partial charge in [0.15, 0.2) is 18.4 Å². The highest BCUT2D eigenvalue weighted by atomic mass is 16.8.